The number of aromatic amines is 1. The number of hydrogen-bond donors (Lipinski definition) is 1. The quantitative estimate of drug-likeness (QED) is 0.814. The first-order valence-electron chi connectivity index (χ1n) is 6.87. The van der Waals surface area contributed by atoms with Gasteiger partial charge in [0.2, 0.25) is 0 Å². The van der Waals surface area contributed by atoms with E-state index in [4.69, 9.17) is 4.74 Å². The van der Waals surface area contributed by atoms with E-state index in [1.807, 2.05) is 13.0 Å². The van der Waals surface area contributed by atoms with Crippen LogP contribution < -0.4 is 5.69 Å². The van der Waals surface area contributed by atoms with E-state index in [0.717, 1.165) is 17.8 Å². The molecule has 1 aliphatic rings. The summed E-state index contributed by atoms with van der Waals surface area (Å²) in [6.07, 6.45) is 2.11. The molecule has 3 rings (SSSR count). The van der Waals surface area contributed by atoms with Crippen LogP contribution in [0.1, 0.15) is 36.1 Å². The third kappa shape index (κ3) is 2.37. The molecule has 0 bridgehead atoms. The second kappa shape index (κ2) is 5.19. The number of H-pyrrole nitrogens is 1. The van der Waals surface area contributed by atoms with E-state index in [0.29, 0.717) is 18.7 Å². The SMILES string of the molecule is COC(=O)[C@@H]1CCCc2nn(Cc3cc(C)[nH]n3)c(=O)n21. The molecule has 0 saturated carbocycles. The highest BCUT2D eigenvalue weighted by molar-refractivity contribution is 5.74. The lowest BCUT2D eigenvalue weighted by Crippen LogP contribution is -2.35. The number of esters is 1. The van der Waals surface area contributed by atoms with Gasteiger partial charge in [-0.15, -0.1) is 0 Å². The molecule has 0 aromatic carbocycles. The zero-order chi connectivity index (χ0) is 15.0. The summed E-state index contributed by atoms with van der Waals surface area (Å²) in [6.45, 7) is 2.18. The highest BCUT2D eigenvalue weighted by atomic mass is 16.5. The number of methoxy groups -OCH3 is 1. The summed E-state index contributed by atoms with van der Waals surface area (Å²) >= 11 is 0. The Kier molecular flexibility index (Phi) is 3.36. The molecule has 112 valence electrons. The Morgan fingerprint density at radius 3 is 3.05 bits per heavy atom. The second-order valence-electron chi connectivity index (χ2n) is 5.20. The van der Waals surface area contributed by atoms with Gasteiger partial charge in [-0.3, -0.25) is 9.67 Å². The van der Waals surface area contributed by atoms with Crippen molar-refractivity contribution in [1.29, 1.82) is 0 Å². The highest BCUT2D eigenvalue weighted by Gasteiger charge is 2.31. The summed E-state index contributed by atoms with van der Waals surface area (Å²) in [4.78, 5) is 24.3. The Hall–Kier alpha value is -2.38. The second-order valence-corrected chi connectivity index (χ2v) is 5.20. The highest BCUT2D eigenvalue weighted by Crippen LogP contribution is 2.22. The van der Waals surface area contributed by atoms with E-state index in [2.05, 4.69) is 15.3 Å². The summed E-state index contributed by atoms with van der Waals surface area (Å²) in [5.74, 6) is 0.238. The average molecular weight is 291 g/mol. The minimum absolute atomic E-state index is 0.289. The Balaban J connectivity index is 1.96. The first-order valence-corrected chi connectivity index (χ1v) is 6.87. The van der Waals surface area contributed by atoms with Crippen LogP contribution in [0.5, 0.6) is 0 Å². The van der Waals surface area contributed by atoms with Gasteiger partial charge in [0.15, 0.2) is 0 Å². The van der Waals surface area contributed by atoms with Gasteiger partial charge in [0, 0.05) is 12.1 Å². The van der Waals surface area contributed by atoms with Crippen molar-refractivity contribution in [3.63, 3.8) is 0 Å². The molecule has 0 aliphatic carbocycles. The predicted octanol–water partition coefficient (Wildman–Crippen LogP) is 0.175. The van der Waals surface area contributed by atoms with Crippen LogP contribution in [0.15, 0.2) is 10.9 Å². The Bertz CT molecular complexity index is 726. The molecule has 0 amide bonds. The van der Waals surface area contributed by atoms with Crippen LogP contribution in [-0.2, 0) is 22.5 Å². The number of aromatic nitrogens is 5. The first kappa shape index (κ1) is 13.6. The third-order valence-corrected chi connectivity index (χ3v) is 3.67. The van der Waals surface area contributed by atoms with E-state index in [1.165, 1.54) is 16.4 Å². The maximum absolute atomic E-state index is 12.5. The van der Waals surface area contributed by atoms with Crippen molar-refractivity contribution in [2.45, 2.75) is 38.8 Å². The zero-order valence-electron chi connectivity index (χ0n) is 12.0. The molecule has 2 aromatic rings. The van der Waals surface area contributed by atoms with Gasteiger partial charge in [-0.2, -0.15) is 10.2 Å². The van der Waals surface area contributed by atoms with Gasteiger partial charge in [-0.25, -0.2) is 14.3 Å². The molecule has 8 nitrogen and oxygen atoms in total. The molecule has 0 spiro atoms. The molecule has 2 aromatic heterocycles. The number of nitrogens with zero attached hydrogens (tertiary/aromatic N) is 4. The number of carbonyl (C=O) groups excluding carboxylic acids is 1. The molecule has 1 N–H and O–H groups in total. The van der Waals surface area contributed by atoms with Crippen LogP contribution in [0, 0.1) is 6.92 Å². The Labute approximate surface area is 120 Å². The lowest BCUT2D eigenvalue weighted by molar-refractivity contribution is -0.145. The zero-order valence-corrected chi connectivity index (χ0v) is 12.0. The smallest absolute Gasteiger partial charge is 0.347 e. The standard InChI is InChI=1S/C13H17N5O3/c1-8-6-9(15-14-8)7-17-13(20)18-10(12(19)21-2)4-3-5-11(18)16-17/h6,10H,3-5,7H2,1-2H3,(H,14,15)/t10-/m0/s1. The molecule has 0 unspecified atom stereocenters. The van der Waals surface area contributed by atoms with Gasteiger partial charge in [0.25, 0.3) is 0 Å². The number of ether oxygens (including phenoxy) is 1. The summed E-state index contributed by atoms with van der Waals surface area (Å²) in [7, 11) is 1.33. The van der Waals surface area contributed by atoms with Crippen LogP contribution >= 0.6 is 0 Å². The van der Waals surface area contributed by atoms with E-state index >= 15 is 0 Å². The number of hydrogen-bond acceptors (Lipinski definition) is 5. The monoisotopic (exact) mass is 291 g/mol. The fraction of sp³-hybridized carbons (Fsp3) is 0.538. The number of fused-ring (bicyclic) bond motifs is 1. The number of aryl methyl sites for hydroxylation is 2. The van der Waals surface area contributed by atoms with Crippen LogP contribution in [0.3, 0.4) is 0 Å². The van der Waals surface area contributed by atoms with Crippen LogP contribution in [0.4, 0.5) is 0 Å². The van der Waals surface area contributed by atoms with E-state index < -0.39 is 12.0 Å². The largest absolute Gasteiger partial charge is 0.467 e. The minimum Gasteiger partial charge on any atom is -0.467 e. The van der Waals surface area contributed by atoms with Gasteiger partial charge in [0.05, 0.1) is 19.3 Å². The fourth-order valence-corrected chi connectivity index (χ4v) is 2.70. The molecule has 0 radical (unpaired) electrons. The Morgan fingerprint density at radius 1 is 1.57 bits per heavy atom. The molecule has 8 heteroatoms. The molecule has 0 fully saturated rings. The van der Waals surface area contributed by atoms with Gasteiger partial charge in [0.1, 0.15) is 11.9 Å². The first-order chi connectivity index (χ1) is 10.1. The average Bonchev–Trinajstić information content (AvgIpc) is 3.03. The normalized spacial score (nSPS) is 17.5. The molecule has 1 aliphatic heterocycles. The van der Waals surface area contributed by atoms with Crippen LogP contribution in [0.2, 0.25) is 0 Å². The topological polar surface area (TPSA) is 94.8 Å². The van der Waals surface area contributed by atoms with E-state index in [9.17, 15) is 9.59 Å². The fourth-order valence-electron chi connectivity index (χ4n) is 2.70. The maximum atomic E-state index is 12.5. The van der Waals surface area contributed by atoms with Crippen LogP contribution in [0.25, 0.3) is 0 Å². The number of nitrogens with one attached hydrogen (secondary N) is 1. The molecule has 0 saturated heterocycles. The third-order valence-electron chi connectivity index (χ3n) is 3.67. The molecule has 3 heterocycles. The van der Waals surface area contributed by atoms with Crippen molar-refractivity contribution in [2.75, 3.05) is 7.11 Å². The van der Waals surface area contributed by atoms with E-state index in [1.54, 1.807) is 0 Å². The predicted molar refractivity (Wildman–Crippen MR) is 72.9 cm³/mol. The van der Waals surface area contributed by atoms with Crippen molar-refractivity contribution in [3.05, 3.63) is 33.8 Å². The van der Waals surface area contributed by atoms with Crippen LogP contribution in [-0.4, -0.2) is 37.6 Å². The molecule has 1 atom stereocenters. The van der Waals surface area contributed by atoms with Crippen molar-refractivity contribution in [2.24, 2.45) is 0 Å². The van der Waals surface area contributed by atoms with Gasteiger partial charge in [-0.1, -0.05) is 0 Å². The maximum Gasteiger partial charge on any atom is 0.347 e. The summed E-state index contributed by atoms with van der Waals surface area (Å²) in [5.41, 5.74) is 1.37. The van der Waals surface area contributed by atoms with Gasteiger partial charge >= 0.3 is 11.7 Å². The summed E-state index contributed by atoms with van der Waals surface area (Å²) < 4.78 is 7.59. The lowest BCUT2D eigenvalue weighted by atomic mass is 10.1. The van der Waals surface area contributed by atoms with Gasteiger partial charge in [-0.05, 0) is 25.8 Å². The van der Waals surface area contributed by atoms with Gasteiger partial charge < -0.3 is 4.74 Å². The van der Waals surface area contributed by atoms with E-state index in [-0.39, 0.29) is 12.2 Å². The van der Waals surface area contributed by atoms with Crippen molar-refractivity contribution in [3.8, 4) is 0 Å². The van der Waals surface area contributed by atoms with Crippen molar-refractivity contribution < 1.29 is 9.53 Å². The summed E-state index contributed by atoms with van der Waals surface area (Å²) in [5, 5.41) is 11.3. The summed E-state index contributed by atoms with van der Waals surface area (Å²) in [6, 6.07) is 1.30. The molecule has 21 heavy (non-hydrogen) atoms. The Morgan fingerprint density at radius 2 is 2.38 bits per heavy atom. The minimum atomic E-state index is -0.569. The number of rotatable bonds is 3. The molecular weight excluding hydrogens is 274 g/mol. The lowest BCUT2D eigenvalue weighted by Gasteiger charge is -2.20. The van der Waals surface area contributed by atoms with Crippen molar-refractivity contribution >= 4 is 5.97 Å². The number of carbonyl (C=O) groups is 1. The van der Waals surface area contributed by atoms with Crippen molar-refractivity contribution in [1.82, 2.24) is 24.5 Å². The molecular formula is C13H17N5O3.